The molecule has 2 aromatic heterocycles. The number of hydrogen-bond acceptors (Lipinski definition) is 3. The molecule has 0 saturated heterocycles. The number of fused-ring (bicyclic) bond motifs is 17. The van der Waals surface area contributed by atoms with Gasteiger partial charge in [-0.25, -0.2) is 0 Å². The second-order valence-corrected chi connectivity index (χ2v) is 22.9. The van der Waals surface area contributed by atoms with E-state index in [0.29, 0.717) is 0 Å². The molecule has 0 bridgehead atoms. The summed E-state index contributed by atoms with van der Waals surface area (Å²) in [6.45, 7) is 16.9. The minimum Gasteiger partial charge on any atom is -0.456 e. The molecule has 2 unspecified atom stereocenters. The van der Waals surface area contributed by atoms with Crippen LogP contribution in [0.5, 0.6) is 0 Å². The fourth-order valence-corrected chi connectivity index (χ4v) is 14.4. The molecule has 0 spiro atoms. The molecule has 0 aliphatic heterocycles. The average molecular weight is 942 g/mol. The zero-order valence-corrected chi connectivity index (χ0v) is 42.4. The van der Waals surface area contributed by atoms with E-state index in [1.54, 1.807) is 0 Å². The van der Waals surface area contributed by atoms with E-state index in [4.69, 9.17) is 8.83 Å². The van der Waals surface area contributed by atoms with Gasteiger partial charge in [-0.15, -0.1) is 0 Å². The normalized spacial score (nSPS) is 18.1. The maximum Gasteiger partial charge on any atom is 0.143 e. The first-order chi connectivity index (χ1) is 35.4. The highest BCUT2D eigenvalue weighted by Crippen LogP contribution is 2.64. The highest BCUT2D eigenvalue weighted by atomic mass is 16.3. The number of aryl methyl sites for hydroxylation is 1. The van der Waals surface area contributed by atoms with Crippen molar-refractivity contribution in [1.82, 2.24) is 0 Å². The maximum atomic E-state index is 7.09. The van der Waals surface area contributed by atoms with Crippen LogP contribution in [-0.2, 0) is 16.2 Å². The largest absolute Gasteiger partial charge is 0.456 e. The van der Waals surface area contributed by atoms with Crippen LogP contribution in [0.25, 0.3) is 77.4 Å². The number of anilines is 3. The predicted molar refractivity (Wildman–Crippen MR) is 302 cm³/mol. The zero-order valence-electron chi connectivity index (χ0n) is 42.4. The predicted octanol–water partition coefficient (Wildman–Crippen LogP) is 17.0. The fraction of sp³-hybridized carbons (Fsp3) is 0.171. The van der Waals surface area contributed by atoms with E-state index in [1.165, 1.54) is 88.3 Å². The van der Waals surface area contributed by atoms with Gasteiger partial charge in [0.25, 0.3) is 0 Å². The van der Waals surface area contributed by atoms with Crippen LogP contribution < -0.4 is 15.5 Å². The van der Waals surface area contributed by atoms with Gasteiger partial charge < -0.3 is 13.7 Å². The van der Waals surface area contributed by atoms with Gasteiger partial charge in [-0.05, 0) is 139 Å². The quantitative estimate of drug-likeness (QED) is 0.172. The van der Waals surface area contributed by atoms with Gasteiger partial charge >= 0.3 is 0 Å². The third kappa shape index (κ3) is 5.71. The Hall–Kier alpha value is -8.14. The Morgan fingerprint density at radius 3 is 1.73 bits per heavy atom. The number of hydrogen-bond donors (Lipinski definition) is 0. The second-order valence-electron chi connectivity index (χ2n) is 22.9. The Morgan fingerprint density at radius 2 is 0.973 bits per heavy atom. The van der Waals surface area contributed by atoms with Crippen molar-refractivity contribution in [2.75, 3.05) is 4.90 Å². The molecule has 352 valence electrons. The standard InChI is InChI=1S/C70H55NO2/c1-40-25-31-44(32-26-40)71(46-34-36-49-55(38-46)70(6,7)65-63(49)67-62(51-21-13-16-24-58(51)73-67)60-47-19-11-14-22-53(47)69(4,5)64(60)65)45-33-35-48-54(37-45)68(2,3)56-39-52(43-29-27-42(28-30-43)41-17-9-8-10-18-41)66-61(59(48)56)50-20-12-15-23-57(50)72-66/h8-39,64-65H,1-7H3. The van der Waals surface area contributed by atoms with Crippen LogP contribution in [0.15, 0.2) is 203 Å². The Balaban J connectivity index is 0.911. The van der Waals surface area contributed by atoms with Gasteiger partial charge in [-0.1, -0.05) is 187 Å². The molecule has 4 aliphatic carbocycles. The Bertz CT molecular complexity index is 4290. The van der Waals surface area contributed by atoms with Gasteiger partial charge in [-0.3, -0.25) is 0 Å². The highest BCUT2D eigenvalue weighted by Gasteiger charge is 2.58. The van der Waals surface area contributed by atoms with Crippen LogP contribution in [-0.4, -0.2) is 0 Å². The minimum absolute atomic E-state index is 0.0924. The Kier molecular flexibility index (Phi) is 8.59. The van der Waals surface area contributed by atoms with Gasteiger partial charge in [-0.2, -0.15) is 0 Å². The van der Waals surface area contributed by atoms with Crippen LogP contribution in [0.2, 0.25) is 0 Å². The molecule has 0 radical (unpaired) electrons. The highest BCUT2D eigenvalue weighted by molar-refractivity contribution is 6.19. The number of para-hydroxylation sites is 2. The molecule has 3 nitrogen and oxygen atoms in total. The number of rotatable bonds is 5. The van der Waals surface area contributed by atoms with Crippen molar-refractivity contribution >= 4 is 61.1 Å². The van der Waals surface area contributed by atoms with Crippen LogP contribution in [0, 0.1) is 18.8 Å². The molecular weight excluding hydrogens is 887 g/mol. The summed E-state index contributed by atoms with van der Waals surface area (Å²) in [7, 11) is 0. The van der Waals surface area contributed by atoms with Gasteiger partial charge in [0.2, 0.25) is 0 Å². The van der Waals surface area contributed by atoms with Crippen LogP contribution in [0.3, 0.4) is 0 Å². The van der Waals surface area contributed by atoms with Crippen LogP contribution in [0.4, 0.5) is 17.1 Å². The summed E-state index contributed by atoms with van der Waals surface area (Å²) in [6.07, 6.45) is 0. The summed E-state index contributed by atoms with van der Waals surface area (Å²) in [4.78, 5) is 2.49. The number of furan rings is 2. The first-order valence-corrected chi connectivity index (χ1v) is 26.1. The number of nitrogens with zero attached hydrogens (tertiary/aromatic N) is 1. The molecule has 9 aromatic carbocycles. The molecule has 4 aliphatic rings. The lowest BCUT2D eigenvalue weighted by Gasteiger charge is -2.42. The van der Waals surface area contributed by atoms with Gasteiger partial charge in [0.05, 0.1) is 0 Å². The van der Waals surface area contributed by atoms with Crippen molar-refractivity contribution < 1.29 is 8.83 Å². The monoisotopic (exact) mass is 941 g/mol. The summed E-state index contributed by atoms with van der Waals surface area (Å²) in [6, 6.07) is 72.0. The summed E-state index contributed by atoms with van der Waals surface area (Å²) < 4.78 is 14.0. The number of benzene rings is 9. The van der Waals surface area contributed by atoms with Crippen molar-refractivity contribution in [3.63, 3.8) is 0 Å². The van der Waals surface area contributed by atoms with E-state index >= 15 is 0 Å². The fourth-order valence-electron chi connectivity index (χ4n) is 14.4. The smallest absolute Gasteiger partial charge is 0.143 e. The van der Waals surface area contributed by atoms with E-state index < -0.39 is 0 Å². The molecule has 0 fully saturated rings. The summed E-state index contributed by atoms with van der Waals surface area (Å²) in [5.41, 5.74) is 26.0. The van der Waals surface area contributed by atoms with Crippen molar-refractivity contribution in [2.24, 2.45) is 11.8 Å². The lowest BCUT2D eigenvalue weighted by atomic mass is 9.60. The Morgan fingerprint density at radius 1 is 0.411 bits per heavy atom. The van der Waals surface area contributed by atoms with Crippen LogP contribution in [0.1, 0.15) is 80.5 Å². The molecule has 73 heavy (non-hydrogen) atoms. The van der Waals surface area contributed by atoms with E-state index in [-0.39, 0.29) is 28.1 Å². The lowest BCUT2D eigenvalue weighted by molar-refractivity contribution is 0.256. The molecule has 0 saturated carbocycles. The summed E-state index contributed by atoms with van der Waals surface area (Å²) in [5, 5.41) is 4.83. The second kappa shape index (κ2) is 14.7. The molecule has 0 amide bonds. The third-order valence-electron chi connectivity index (χ3n) is 17.9. The lowest BCUT2D eigenvalue weighted by Crippen LogP contribution is -2.45. The molecule has 15 rings (SSSR count). The minimum atomic E-state index is -0.318. The third-order valence-corrected chi connectivity index (χ3v) is 17.9. The van der Waals surface area contributed by atoms with Crippen molar-refractivity contribution in [2.45, 2.75) is 64.7 Å². The van der Waals surface area contributed by atoms with Gasteiger partial charge in [0.15, 0.2) is 0 Å². The first-order valence-electron chi connectivity index (χ1n) is 26.1. The van der Waals surface area contributed by atoms with Crippen LogP contribution >= 0.6 is 0 Å². The average Bonchev–Trinajstić information content (AvgIpc) is 4.18. The molecular formula is C70H55NO2. The zero-order chi connectivity index (χ0) is 49.3. The topological polar surface area (TPSA) is 29.5 Å². The van der Waals surface area contributed by atoms with E-state index in [9.17, 15) is 0 Å². The molecule has 2 atom stereocenters. The molecule has 2 heterocycles. The molecule has 0 N–H and O–H groups in total. The van der Waals surface area contributed by atoms with Gasteiger partial charge in [0.1, 0.15) is 22.2 Å². The first kappa shape index (κ1) is 42.5. The van der Waals surface area contributed by atoms with E-state index in [0.717, 1.165) is 55.7 Å². The van der Waals surface area contributed by atoms with Gasteiger partial charge in [0, 0.05) is 66.8 Å². The summed E-state index contributed by atoms with van der Waals surface area (Å²) >= 11 is 0. The Labute approximate surface area is 426 Å². The van der Waals surface area contributed by atoms with E-state index in [2.05, 4.69) is 247 Å². The van der Waals surface area contributed by atoms with Crippen molar-refractivity contribution in [1.29, 1.82) is 0 Å². The molecule has 11 aromatic rings. The molecule has 3 heteroatoms. The van der Waals surface area contributed by atoms with E-state index in [1.807, 2.05) is 0 Å². The maximum absolute atomic E-state index is 7.09. The van der Waals surface area contributed by atoms with Crippen molar-refractivity contribution in [3.05, 3.63) is 244 Å². The van der Waals surface area contributed by atoms with Crippen molar-refractivity contribution in [3.8, 4) is 33.4 Å². The SMILES string of the molecule is Cc1ccc(N(c2ccc3c(c2)C(C)(C)c2cc(-c4ccc(-c5ccccc5)cc4)c4oc5ccccc5c4c2-3)c2ccc3c(c2)C(C)(C)C2C3=c3oc4ccccc4c3=C3c4ccccc4C(C)(C)C32)cc1. The summed E-state index contributed by atoms with van der Waals surface area (Å²) in [5.74, 6) is 0.471.